The van der Waals surface area contributed by atoms with Crippen molar-refractivity contribution in [2.45, 2.75) is 45.6 Å². The standard InChI is InChI=1S/C17H22N6OS/c1-10-14(11(2)20-19-10)6-7-22(3)9-13-8-15(24)23-17(18-13)25-16(21-23)12-4-5-12/h8,12H,4-7,9H2,1-3H3,(H,19,20). The van der Waals surface area contributed by atoms with Gasteiger partial charge in [0.15, 0.2) is 0 Å². The Kier molecular flexibility index (Phi) is 4.16. The van der Waals surface area contributed by atoms with E-state index in [1.165, 1.54) is 22.9 Å². The van der Waals surface area contributed by atoms with Gasteiger partial charge in [-0.05, 0) is 45.7 Å². The number of aryl methyl sites for hydroxylation is 2. The van der Waals surface area contributed by atoms with E-state index in [0.29, 0.717) is 17.4 Å². The lowest BCUT2D eigenvalue weighted by Gasteiger charge is -2.16. The van der Waals surface area contributed by atoms with Crippen LogP contribution in [0.2, 0.25) is 0 Å². The zero-order valence-electron chi connectivity index (χ0n) is 14.7. The fraction of sp³-hybridized carbons (Fsp3) is 0.529. The Morgan fingerprint density at radius 1 is 1.40 bits per heavy atom. The van der Waals surface area contributed by atoms with Crippen LogP contribution in [0.1, 0.15) is 46.4 Å². The average Bonchev–Trinajstić information content (AvgIpc) is 3.24. The maximum atomic E-state index is 12.3. The van der Waals surface area contributed by atoms with Gasteiger partial charge in [0.2, 0.25) is 4.96 Å². The molecular weight excluding hydrogens is 336 g/mol. The minimum absolute atomic E-state index is 0.0851. The van der Waals surface area contributed by atoms with Gasteiger partial charge in [-0.1, -0.05) is 11.3 Å². The summed E-state index contributed by atoms with van der Waals surface area (Å²) in [5.41, 5.74) is 4.17. The molecule has 7 nitrogen and oxygen atoms in total. The molecule has 0 radical (unpaired) electrons. The quantitative estimate of drug-likeness (QED) is 0.729. The van der Waals surface area contributed by atoms with Crippen LogP contribution in [0.4, 0.5) is 0 Å². The second-order valence-corrected chi connectivity index (χ2v) is 7.88. The van der Waals surface area contributed by atoms with E-state index in [1.807, 2.05) is 13.8 Å². The largest absolute Gasteiger partial charge is 0.300 e. The fourth-order valence-electron chi connectivity index (χ4n) is 3.05. The van der Waals surface area contributed by atoms with Crippen molar-refractivity contribution in [3.63, 3.8) is 0 Å². The Labute approximate surface area is 149 Å². The third kappa shape index (κ3) is 3.36. The molecule has 8 heteroatoms. The highest BCUT2D eigenvalue weighted by atomic mass is 32.1. The lowest BCUT2D eigenvalue weighted by molar-refractivity contribution is 0.326. The van der Waals surface area contributed by atoms with E-state index in [2.05, 4.69) is 32.2 Å². The number of aromatic amines is 1. The first-order valence-electron chi connectivity index (χ1n) is 8.60. The van der Waals surface area contributed by atoms with Gasteiger partial charge < -0.3 is 4.90 Å². The molecule has 0 saturated heterocycles. The zero-order valence-corrected chi connectivity index (χ0v) is 15.6. The van der Waals surface area contributed by atoms with Crippen LogP contribution in [-0.2, 0) is 13.0 Å². The number of aromatic nitrogens is 5. The molecule has 1 fully saturated rings. The summed E-state index contributed by atoms with van der Waals surface area (Å²) in [6, 6.07) is 1.61. The molecule has 0 aliphatic heterocycles. The Hall–Kier alpha value is -2.06. The minimum atomic E-state index is -0.0851. The Morgan fingerprint density at radius 2 is 2.20 bits per heavy atom. The van der Waals surface area contributed by atoms with E-state index in [0.717, 1.165) is 35.1 Å². The van der Waals surface area contributed by atoms with Crippen LogP contribution in [0, 0.1) is 13.8 Å². The number of H-pyrrole nitrogens is 1. The van der Waals surface area contributed by atoms with Crippen molar-refractivity contribution >= 4 is 16.3 Å². The molecule has 0 atom stereocenters. The third-order valence-corrected chi connectivity index (χ3v) is 5.77. The highest BCUT2D eigenvalue weighted by Crippen LogP contribution is 2.41. The van der Waals surface area contributed by atoms with Crippen LogP contribution in [0.3, 0.4) is 0 Å². The van der Waals surface area contributed by atoms with Crippen molar-refractivity contribution < 1.29 is 0 Å². The molecule has 25 heavy (non-hydrogen) atoms. The van der Waals surface area contributed by atoms with E-state index >= 15 is 0 Å². The summed E-state index contributed by atoms with van der Waals surface area (Å²) < 4.78 is 1.44. The molecule has 0 aromatic carbocycles. The van der Waals surface area contributed by atoms with Gasteiger partial charge in [0, 0.05) is 30.8 Å². The molecule has 0 unspecified atom stereocenters. The number of likely N-dealkylation sites (N-methyl/N-ethyl adjacent to an activating group) is 1. The fourth-order valence-corrected chi connectivity index (χ4v) is 4.14. The van der Waals surface area contributed by atoms with Gasteiger partial charge in [-0.3, -0.25) is 9.89 Å². The summed E-state index contributed by atoms with van der Waals surface area (Å²) in [5.74, 6) is 0.540. The predicted octanol–water partition coefficient (Wildman–Crippen LogP) is 2.04. The van der Waals surface area contributed by atoms with E-state index in [9.17, 15) is 4.79 Å². The number of hydrogen-bond donors (Lipinski definition) is 1. The first kappa shape index (κ1) is 16.4. The number of hydrogen-bond acceptors (Lipinski definition) is 6. The topological polar surface area (TPSA) is 79.2 Å². The second kappa shape index (κ2) is 6.34. The highest BCUT2D eigenvalue weighted by molar-refractivity contribution is 7.16. The van der Waals surface area contributed by atoms with E-state index < -0.39 is 0 Å². The number of nitrogens with zero attached hydrogens (tertiary/aromatic N) is 5. The molecule has 3 aromatic rings. The van der Waals surface area contributed by atoms with Crippen molar-refractivity contribution in [2.75, 3.05) is 13.6 Å². The van der Waals surface area contributed by atoms with Gasteiger partial charge in [0.25, 0.3) is 5.56 Å². The maximum absolute atomic E-state index is 12.3. The van der Waals surface area contributed by atoms with Crippen molar-refractivity contribution in [1.29, 1.82) is 0 Å². The van der Waals surface area contributed by atoms with Crippen molar-refractivity contribution in [1.82, 2.24) is 29.7 Å². The van der Waals surface area contributed by atoms with Crippen LogP contribution >= 0.6 is 11.3 Å². The number of fused-ring (bicyclic) bond motifs is 1. The van der Waals surface area contributed by atoms with E-state index in [-0.39, 0.29) is 5.56 Å². The van der Waals surface area contributed by atoms with Gasteiger partial charge in [-0.25, -0.2) is 4.98 Å². The molecule has 1 N–H and O–H groups in total. The van der Waals surface area contributed by atoms with Crippen LogP contribution < -0.4 is 5.56 Å². The first-order valence-corrected chi connectivity index (χ1v) is 9.41. The summed E-state index contributed by atoms with van der Waals surface area (Å²) >= 11 is 1.55. The monoisotopic (exact) mass is 358 g/mol. The van der Waals surface area contributed by atoms with Crippen LogP contribution in [0.15, 0.2) is 10.9 Å². The zero-order chi connectivity index (χ0) is 17.6. The lowest BCUT2D eigenvalue weighted by atomic mass is 10.1. The molecule has 0 spiro atoms. The first-order chi connectivity index (χ1) is 12.0. The Bertz CT molecular complexity index is 948. The van der Waals surface area contributed by atoms with Gasteiger partial charge in [-0.2, -0.15) is 14.7 Å². The van der Waals surface area contributed by atoms with E-state index in [4.69, 9.17) is 0 Å². The van der Waals surface area contributed by atoms with Gasteiger partial charge in [0.05, 0.1) is 11.4 Å². The maximum Gasteiger partial charge on any atom is 0.275 e. The van der Waals surface area contributed by atoms with Crippen molar-refractivity contribution in [3.8, 4) is 0 Å². The predicted molar refractivity (Wildman–Crippen MR) is 97.2 cm³/mol. The molecule has 1 aliphatic carbocycles. The summed E-state index contributed by atoms with van der Waals surface area (Å²) in [7, 11) is 2.05. The van der Waals surface area contributed by atoms with Crippen LogP contribution in [0.25, 0.3) is 4.96 Å². The molecule has 1 aliphatic rings. The smallest absolute Gasteiger partial charge is 0.275 e. The SMILES string of the molecule is Cc1n[nH]c(C)c1CCN(C)Cc1cc(=O)n2nc(C3CC3)sc2n1. The van der Waals surface area contributed by atoms with Gasteiger partial charge >= 0.3 is 0 Å². The number of rotatable bonds is 6. The van der Waals surface area contributed by atoms with Crippen LogP contribution in [0.5, 0.6) is 0 Å². The highest BCUT2D eigenvalue weighted by Gasteiger charge is 2.28. The van der Waals surface area contributed by atoms with Crippen molar-refractivity contribution in [3.05, 3.63) is 44.1 Å². The minimum Gasteiger partial charge on any atom is -0.300 e. The molecule has 132 valence electrons. The second-order valence-electron chi connectivity index (χ2n) is 6.90. The average molecular weight is 358 g/mol. The van der Waals surface area contributed by atoms with E-state index in [1.54, 1.807) is 17.4 Å². The number of nitrogens with one attached hydrogen (secondary N) is 1. The summed E-state index contributed by atoms with van der Waals surface area (Å²) in [6.45, 7) is 5.61. The summed E-state index contributed by atoms with van der Waals surface area (Å²) in [4.78, 5) is 19.8. The summed E-state index contributed by atoms with van der Waals surface area (Å²) in [6.07, 6.45) is 3.28. The Balaban J connectivity index is 1.47. The molecule has 3 aromatic heterocycles. The molecular formula is C17H22N6OS. The third-order valence-electron chi connectivity index (χ3n) is 4.70. The molecule has 4 rings (SSSR count). The van der Waals surface area contributed by atoms with Crippen LogP contribution in [-0.4, -0.2) is 43.3 Å². The lowest BCUT2D eigenvalue weighted by Crippen LogP contribution is -2.24. The Morgan fingerprint density at radius 3 is 2.88 bits per heavy atom. The molecule has 1 saturated carbocycles. The molecule has 0 bridgehead atoms. The van der Waals surface area contributed by atoms with Gasteiger partial charge in [-0.15, -0.1) is 0 Å². The summed E-state index contributed by atoms with van der Waals surface area (Å²) in [5, 5.41) is 12.7. The normalized spacial score (nSPS) is 14.7. The van der Waals surface area contributed by atoms with Crippen molar-refractivity contribution in [2.24, 2.45) is 0 Å². The molecule has 0 amide bonds. The van der Waals surface area contributed by atoms with Gasteiger partial charge in [0.1, 0.15) is 5.01 Å². The molecule has 3 heterocycles.